The number of carbonyl (C=O) groups excluding carboxylic acids is 1. The molecule has 2 rings (SSSR count). The molecule has 1 aromatic carbocycles. The maximum absolute atomic E-state index is 12.3. The first-order valence-electron chi connectivity index (χ1n) is 6.02. The summed E-state index contributed by atoms with van der Waals surface area (Å²) in [6.45, 7) is 4.45. The number of rotatable bonds is 2. The summed E-state index contributed by atoms with van der Waals surface area (Å²) in [6, 6.07) is 5.52. The minimum absolute atomic E-state index is 0.0824. The van der Waals surface area contributed by atoms with Crippen molar-refractivity contribution in [1.29, 1.82) is 0 Å². The van der Waals surface area contributed by atoms with Crippen LogP contribution in [0.1, 0.15) is 12.5 Å². The molecule has 1 heterocycles. The van der Waals surface area contributed by atoms with Crippen LogP contribution in [0.4, 0.5) is 0 Å². The molecule has 1 unspecified atom stereocenters. The summed E-state index contributed by atoms with van der Waals surface area (Å²) in [4.78, 5) is 14.1. The second-order valence-corrected chi connectivity index (χ2v) is 5.33. The van der Waals surface area contributed by atoms with Crippen molar-refractivity contribution < 1.29 is 4.79 Å². The Morgan fingerprint density at radius 2 is 2.11 bits per heavy atom. The molecule has 0 saturated carbocycles. The monoisotopic (exact) mass is 286 g/mol. The molecule has 1 N–H and O–H groups in total. The normalized spacial score (nSPS) is 19.9. The highest BCUT2D eigenvalue weighted by Gasteiger charge is 2.24. The maximum Gasteiger partial charge on any atom is 0.227 e. The summed E-state index contributed by atoms with van der Waals surface area (Å²) in [5.74, 6) is 0.0824. The van der Waals surface area contributed by atoms with Crippen molar-refractivity contribution in [3.05, 3.63) is 33.8 Å². The molecule has 3 nitrogen and oxygen atoms in total. The molecule has 5 heteroatoms. The lowest BCUT2D eigenvalue weighted by Gasteiger charge is -2.34. The summed E-state index contributed by atoms with van der Waals surface area (Å²) < 4.78 is 0. The van der Waals surface area contributed by atoms with Gasteiger partial charge in [0, 0.05) is 35.7 Å². The molecule has 0 aliphatic carbocycles. The van der Waals surface area contributed by atoms with Gasteiger partial charge in [0.05, 0.1) is 6.42 Å². The van der Waals surface area contributed by atoms with Crippen molar-refractivity contribution >= 4 is 29.1 Å². The first-order chi connectivity index (χ1) is 8.59. The van der Waals surface area contributed by atoms with Crippen molar-refractivity contribution in [2.24, 2.45) is 0 Å². The third kappa shape index (κ3) is 2.97. The van der Waals surface area contributed by atoms with Gasteiger partial charge >= 0.3 is 0 Å². The lowest BCUT2D eigenvalue weighted by Crippen LogP contribution is -2.52. The van der Waals surface area contributed by atoms with E-state index < -0.39 is 0 Å². The minimum Gasteiger partial charge on any atom is -0.337 e. The van der Waals surface area contributed by atoms with Crippen LogP contribution in [0.3, 0.4) is 0 Å². The topological polar surface area (TPSA) is 32.3 Å². The Kier molecular flexibility index (Phi) is 4.49. The van der Waals surface area contributed by atoms with Gasteiger partial charge in [-0.25, -0.2) is 0 Å². The van der Waals surface area contributed by atoms with Gasteiger partial charge in [-0.1, -0.05) is 29.3 Å². The van der Waals surface area contributed by atoms with Crippen LogP contribution in [0.5, 0.6) is 0 Å². The second-order valence-electron chi connectivity index (χ2n) is 4.52. The van der Waals surface area contributed by atoms with E-state index in [1.165, 1.54) is 0 Å². The minimum atomic E-state index is 0.0824. The number of nitrogens with one attached hydrogen (secondary N) is 1. The van der Waals surface area contributed by atoms with Gasteiger partial charge in [0.25, 0.3) is 0 Å². The average Bonchev–Trinajstić information content (AvgIpc) is 2.34. The average molecular weight is 287 g/mol. The van der Waals surface area contributed by atoms with Gasteiger partial charge in [-0.3, -0.25) is 4.79 Å². The molecule has 1 atom stereocenters. The Hall–Kier alpha value is -0.770. The number of halogens is 2. The van der Waals surface area contributed by atoms with E-state index >= 15 is 0 Å². The SMILES string of the molecule is CC1CNCCN1C(=O)Cc1c(Cl)cccc1Cl. The Bertz CT molecular complexity index is 430. The number of carbonyl (C=O) groups is 1. The largest absolute Gasteiger partial charge is 0.337 e. The van der Waals surface area contributed by atoms with E-state index in [2.05, 4.69) is 5.32 Å². The highest BCUT2D eigenvalue weighted by Crippen LogP contribution is 2.25. The quantitative estimate of drug-likeness (QED) is 0.905. The van der Waals surface area contributed by atoms with Gasteiger partial charge in [0.15, 0.2) is 0 Å². The van der Waals surface area contributed by atoms with Crippen LogP contribution in [0.2, 0.25) is 10.0 Å². The molecular formula is C13H16Cl2N2O. The van der Waals surface area contributed by atoms with Crippen LogP contribution in [0.15, 0.2) is 18.2 Å². The summed E-state index contributed by atoms with van der Waals surface area (Å²) in [6.07, 6.45) is 0.267. The molecule has 1 saturated heterocycles. The zero-order valence-corrected chi connectivity index (χ0v) is 11.8. The molecule has 0 spiro atoms. The first kappa shape index (κ1) is 13.7. The number of hydrogen-bond donors (Lipinski definition) is 1. The van der Waals surface area contributed by atoms with Crippen LogP contribution in [0.25, 0.3) is 0 Å². The second kappa shape index (κ2) is 5.91. The lowest BCUT2D eigenvalue weighted by atomic mass is 10.1. The van der Waals surface area contributed by atoms with Gasteiger partial charge in [-0.15, -0.1) is 0 Å². The van der Waals surface area contributed by atoms with Crippen LogP contribution in [-0.2, 0) is 11.2 Å². The molecule has 18 heavy (non-hydrogen) atoms. The van der Waals surface area contributed by atoms with Crippen LogP contribution >= 0.6 is 23.2 Å². The highest BCUT2D eigenvalue weighted by atomic mass is 35.5. The zero-order chi connectivity index (χ0) is 13.1. The van der Waals surface area contributed by atoms with E-state index in [1.807, 2.05) is 11.8 Å². The van der Waals surface area contributed by atoms with E-state index in [4.69, 9.17) is 23.2 Å². The maximum atomic E-state index is 12.3. The van der Waals surface area contributed by atoms with Gasteiger partial charge < -0.3 is 10.2 Å². The molecule has 98 valence electrons. The number of nitrogens with zero attached hydrogens (tertiary/aromatic N) is 1. The van der Waals surface area contributed by atoms with Gasteiger partial charge in [0.2, 0.25) is 5.91 Å². The zero-order valence-electron chi connectivity index (χ0n) is 10.2. The fraction of sp³-hybridized carbons (Fsp3) is 0.462. The Morgan fingerprint density at radius 1 is 1.44 bits per heavy atom. The Labute approximate surface area is 117 Å². The van der Waals surface area contributed by atoms with Crippen LogP contribution < -0.4 is 5.32 Å². The first-order valence-corrected chi connectivity index (χ1v) is 6.78. The molecule has 0 radical (unpaired) electrons. The van der Waals surface area contributed by atoms with Crippen molar-refractivity contribution in [3.63, 3.8) is 0 Å². The highest BCUT2D eigenvalue weighted by molar-refractivity contribution is 6.36. The molecule has 1 amide bonds. The van der Waals surface area contributed by atoms with E-state index in [0.29, 0.717) is 10.0 Å². The van der Waals surface area contributed by atoms with Crippen molar-refractivity contribution in [2.75, 3.05) is 19.6 Å². The Morgan fingerprint density at radius 3 is 2.72 bits per heavy atom. The third-order valence-corrected chi connectivity index (χ3v) is 3.92. The molecule has 1 aromatic rings. The van der Waals surface area contributed by atoms with Crippen LogP contribution in [-0.4, -0.2) is 36.5 Å². The molecule has 1 aliphatic heterocycles. The number of benzene rings is 1. The predicted molar refractivity (Wildman–Crippen MR) is 74.2 cm³/mol. The summed E-state index contributed by atoms with van der Waals surface area (Å²) in [5.41, 5.74) is 0.719. The van der Waals surface area contributed by atoms with Gasteiger partial charge in [0.1, 0.15) is 0 Å². The number of amides is 1. The van der Waals surface area contributed by atoms with Gasteiger partial charge in [-0.2, -0.15) is 0 Å². The third-order valence-electron chi connectivity index (χ3n) is 3.21. The number of piperazine rings is 1. The van der Waals surface area contributed by atoms with Crippen LogP contribution in [0, 0.1) is 0 Å². The van der Waals surface area contributed by atoms with E-state index in [-0.39, 0.29) is 18.4 Å². The molecular weight excluding hydrogens is 271 g/mol. The van der Waals surface area contributed by atoms with E-state index in [9.17, 15) is 4.79 Å². The predicted octanol–water partition coefficient (Wildman–Crippen LogP) is 2.36. The summed E-state index contributed by atoms with van der Waals surface area (Å²) in [5, 5.41) is 4.37. The summed E-state index contributed by atoms with van der Waals surface area (Å²) in [7, 11) is 0. The summed E-state index contributed by atoms with van der Waals surface area (Å²) >= 11 is 12.2. The smallest absolute Gasteiger partial charge is 0.227 e. The number of hydrogen-bond acceptors (Lipinski definition) is 2. The lowest BCUT2D eigenvalue weighted by molar-refractivity contribution is -0.133. The molecule has 1 aliphatic rings. The molecule has 1 fully saturated rings. The van der Waals surface area contributed by atoms with Crippen molar-refractivity contribution in [2.45, 2.75) is 19.4 Å². The fourth-order valence-electron chi connectivity index (χ4n) is 2.17. The van der Waals surface area contributed by atoms with E-state index in [0.717, 1.165) is 25.2 Å². The van der Waals surface area contributed by atoms with Gasteiger partial charge in [-0.05, 0) is 24.6 Å². The van der Waals surface area contributed by atoms with Crippen molar-refractivity contribution in [1.82, 2.24) is 10.2 Å². The fourth-order valence-corrected chi connectivity index (χ4v) is 2.70. The van der Waals surface area contributed by atoms with E-state index in [1.54, 1.807) is 18.2 Å². The standard InChI is InChI=1S/C13H16Cl2N2O/c1-9-8-16-5-6-17(9)13(18)7-10-11(14)3-2-4-12(10)15/h2-4,9,16H,5-8H2,1H3. The van der Waals surface area contributed by atoms with Crippen molar-refractivity contribution in [3.8, 4) is 0 Å². The molecule has 0 aromatic heterocycles. The molecule has 0 bridgehead atoms. The Balaban J connectivity index is 2.11.